The number of anilines is 1. The Hall–Kier alpha value is -2.89. The molecule has 1 saturated carbocycles. The molecule has 0 saturated heterocycles. The second-order valence-electron chi connectivity index (χ2n) is 6.26. The van der Waals surface area contributed by atoms with Crippen LogP contribution in [0.25, 0.3) is 22.2 Å². The van der Waals surface area contributed by atoms with Gasteiger partial charge in [0.25, 0.3) is 0 Å². The summed E-state index contributed by atoms with van der Waals surface area (Å²) in [7, 11) is 3.60. The summed E-state index contributed by atoms with van der Waals surface area (Å²) in [6.45, 7) is 0. The highest BCUT2D eigenvalue weighted by atomic mass is 19.1. The van der Waals surface area contributed by atoms with Crippen molar-refractivity contribution >= 4 is 22.6 Å². The number of ether oxygens (including phenoxy) is 1. The van der Waals surface area contributed by atoms with Crippen molar-refractivity contribution in [2.24, 2.45) is 13.0 Å². The number of halogens is 1. The van der Waals surface area contributed by atoms with Crippen LogP contribution >= 0.6 is 0 Å². The summed E-state index contributed by atoms with van der Waals surface area (Å²) in [5.41, 5.74) is 2.90. The standard InChI is InChI=1S/C19H18FN3O2/c1-23-15-9-18(22-19(24)13-8-14(13)20)21-10-11(15)7-16(23)12-5-3-4-6-17(12)25-2/h3-7,9-10,13-14H,8H2,1-2H3,(H,21,22,24). The predicted molar refractivity (Wildman–Crippen MR) is 94.3 cm³/mol. The second kappa shape index (κ2) is 5.88. The molecule has 1 aliphatic carbocycles. The van der Waals surface area contributed by atoms with E-state index < -0.39 is 12.1 Å². The van der Waals surface area contributed by atoms with E-state index in [4.69, 9.17) is 4.74 Å². The van der Waals surface area contributed by atoms with E-state index in [1.54, 1.807) is 13.3 Å². The van der Waals surface area contributed by atoms with Gasteiger partial charge in [0.15, 0.2) is 0 Å². The summed E-state index contributed by atoms with van der Waals surface area (Å²) in [5, 5.41) is 3.65. The van der Waals surface area contributed by atoms with Crippen LogP contribution in [-0.4, -0.2) is 28.7 Å². The summed E-state index contributed by atoms with van der Waals surface area (Å²) < 4.78 is 20.5. The molecular weight excluding hydrogens is 321 g/mol. The quantitative estimate of drug-likeness (QED) is 0.791. The third-order valence-electron chi connectivity index (χ3n) is 4.61. The Bertz CT molecular complexity index is 966. The molecule has 0 aliphatic heterocycles. The average molecular weight is 339 g/mol. The molecule has 0 radical (unpaired) electrons. The van der Waals surface area contributed by atoms with Crippen molar-refractivity contribution < 1.29 is 13.9 Å². The number of benzene rings is 1. The Balaban J connectivity index is 1.71. The van der Waals surface area contributed by atoms with Gasteiger partial charge in [-0.1, -0.05) is 12.1 Å². The molecule has 1 aromatic carbocycles. The number of pyridine rings is 1. The summed E-state index contributed by atoms with van der Waals surface area (Å²) in [4.78, 5) is 16.2. The number of alkyl halides is 1. The number of aromatic nitrogens is 2. The van der Waals surface area contributed by atoms with Gasteiger partial charge in [0, 0.05) is 30.3 Å². The zero-order valence-corrected chi connectivity index (χ0v) is 14.0. The molecule has 4 rings (SSSR count). The first kappa shape index (κ1) is 15.6. The van der Waals surface area contributed by atoms with Crippen LogP contribution in [-0.2, 0) is 11.8 Å². The predicted octanol–water partition coefficient (Wildman–Crippen LogP) is 3.55. The maximum atomic E-state index is 13.0. The average Bonchev–Trinajstić information content (AvgIpc) is 3.28. The third-order valence-corrected chi connectivity index (χ3v) is 4.61. The van der Waals surface area contributed by atoms with Gasteiger partial charge < -0.3 is 14.6 Å². The molecule has 1 N–H and O–H groups in total. The number of para-hydroxylation sites is 1. The second-order valence-corrected chi connectivity index (χ2v) is 6.26. The maximum Gasteiger partial charge on any atom is 0.231 e. The topological polar surface area (TPSA) is 56.1 Å². The molecule has 3 aromatic rings. The van der Waals surface area contributed by atoms with Crippen molar-refractivity contribution in [3.8, 4) is 17.0 Å². The van der Waals surface area contributed by atoms with E-state index in [-0.39, 0.29) is 5.91 Å². The smallest absolute Gasteiger partial charge is 0.231 e. The van der Waals surface area contributed by atoms with Crippen LogP contribution in [0.3, 0.4) is 0 Å². The lowest BCUT2D eigenvalue weighted by atomic mass is 10.1. The monoisotopic (exact) mass is 339 g/mol. The Morgan fingerprint density at radius 2 is 2.12 bits per heavy atom. The van der Waals surface area contributed by atoms with Crippen LogP contribution in [0.1, 0.15) is 6.42 Å². The van der Waals surface area contributed by atoms with Crippen LogP contribution in [0.5, 0.6) is 5.75 Å². The van der Waals surface area contributed by atoms with Gasteiger partial charge >= 0.3 is 0 Å². The lowest BCUT2D eigenvalue weighted by Crippen LogP contribution is -2.15. The highest BCUT2D eigenvalue weighted by Gasteiger charge is 2.43. The summed E-state index contributed by atoms with van der Waals surface area (Å²) in [5.74, 6) is 0.385. The fourth-order valence-corrected chi connectivity index (χ4v) is 3.07. The van der Waals surface area contributed by atoms with Crippen LogP contribution in [0.4, 0.5) is 10.2 Å². The first-order chi connectivity index (χ1) is 12.1. The molecule has 128 valence electrons. The summed E-state index contributed by atoms with van der Waals surface area (Å²) in [6, 6.07) is 11.6. The summed E-state index contributed by atoms with van der Waals surface area (Å²) >= 11 is 0. The molecule has 2 unspecified atom stereocenters. The van der Waals surface area contributed by atoms with Crippen molar-refractivity contribution in [3.63, 3.8) is 0 Å². The molecule has 0 bridgehead atoms. The van der Waals surface area contributed by atoms with Crippen LogP contribution in [0.15, 0.2) is 42.6 Å². The number of amides is 1. The SMILES string of the molecule is COc1ccccc1-c1cc2cnc(NC(=O)C3CC3F)cc2n1C. The highest BCUT2D eigenvalue weighted by molar-refractivity contribution is 5.96. The number of carbonyl (C=O) groups is 1. The minimum absolute atomic E-state index is 0.302. The number of nitrogens with zero attached hydrogens (tertiary/aromatic N) is 2. The summed E-state index contributed by atoms with van der Waals surface area (Å²) in [6.07, 6.45) is 0.996. The molecule has 5 nitrogen and oxygen atoms in total. The maximum absolute atomic E-state index is 13.0. The molecule has 6 heteroatoms. The Morgan fingerprint density at radius 1 is 1.36 bits per heavy atom. The van der Waals surface area contributed by atoms with E-state index >= 15 is 0 Å². The van der Waals surface area contributed by atoms with Crippen molar-refractivity contribution in [3.05, 3.63) is 42.6 Å². The van der Waals surface area contributed by atoms with Gasteiger partial charge in [-0.15, -0.1) is 0 Å². The fourth-order valence-electron chi connectivity index (χ4n) is 3.07. The lowest BCUT2D eigenvalue weighted by molar-refractivity contribution is -0.117. The molecule has 25 heavy (non-hydrogen) atoms. The van der Waals surface area contributed by atoms with E-state index in [9.17, 15) is 9.18 Å². The number of methoxy groups -OCH3 is 1. The zero-order chi connectivity index (χ0) is 17.6. The van der Waals surface area contributed by atoms with Gasteiger partial charge in [-0.3, -0.25) is 4.79 Å². The first-order valence-electron chi connectivity index (χ1n) is 8.12. The Labute approximate surface area is 144 Å². The minimum atomic E-state index is -1.02. The third kappa shape index (κ3) is 2.73. The fraction of sp³-hybridized carbons (Fsp3) is 0.263. The largest absolute Gasteiger partial charge is 0.496 e. The number of aryl methyl sites for hydroxylation is 1. The van der Waals surface area contributed by atoms with Crippen LogP contribution in [0.2, 0.25) is 0 Å². The number of nitrogens with one attached hydrogen (secondary N) is 1. The van der Waals surface area contributed by atoms with E-state index in [1.165, 1.54) is 0 Å². The van der Waals surface area contributed by atoms with Gasteiger partial charge in [-0.2, -0.15) is 0 Å². The first-order valence-corrected chi connectivity index (χ1v) is 8.12. The van der Waals surface area contributed by atoms with Crippen molar-refractivity contribution in [2.75, 3.05) is 12.4 Å². The molecular formula is C19H18FN3O2. The molecule has 0 spiro atoms. The van der Waals surface area contributed by atoms with Gasteiger partial charge in [-0.05, 0) is 24.6 Å². The van der Waals surface area contributed by atoms with E-state index in [2.05, 4.69) is 10.3 Å². The molecule has 2 heterocycles. The molecule has 1 aliphatic rings. The number of rotatable bonds is 4. The van der Waals surface area contributed by atoms with Crippen LogP contribution in [0, 0.1) is 5.92 Å². The van der Waals surface area contributed by atoms with Crippen molar-refractivity contribution in [1.82, 2.24) is 9.55 Å². The zero-order valence-electron chi connectivity index (χ0n) is 14.0. The number of carbonyl (C=O) groups excluding carboxylic acids is 1. The normalized spacial score (nSPS) is 19.0. The Morgan fingerprint density at radius 3 is 2.84 bits per heavy atom. The van der Waals surface area contributed by atoms with E-state index in [0.29, 0.717) is 12.2 Å². The van der Waals surface area contributed by atoms with Crippen LogP contribution < -0.4 is 10.1 Å². The number of fused-ring (bicyclic) bond motifs is 1. The van der Waals surface area contributed by atoms with Crippen molar-refractivity contribution in [2.45, 2.75) is 12.6 Å². The molecule has 2 aromatic heterocycles. The van der Waals surface area contributed by atoms with Gasteiger partial charge in [0.05, 0.1) is 24.2 Å². The number of hydrogen-bond donors (Lipinski definition) is 1. The van der Waals surface area contributed by atoms with E-state index in [1.807, 2.05) is 48.0 Å². The van der Waals surface area contributed by atoms with Gasteiger partial charge in [0.1, 0.15) is 17.7 Å². The highest BCUT2D eigenvalue weighted by Crippen LogP contribution is 2.36. The molecule has 1 fully saturated rings. The molecule has 2 atom stereocenters. The van der Waals surface area contributed by atoms with E-state index in [0.717, 1.165) is 27.9 Å². The minimum Gasteiger partial charge on any atom is -0.496 e. The van der Waals surface area contributed by atoms with Gasteiger partial charge in [-0.25, -0.2) is 9.37 Å². The van der Waals surface area contributed by atoms with Crippen molar-refractivity contribution in [1.29, 1.82) is 0 Å². The molecule has 1 amide bonds. The number of hydrogen-bond acceptors (Lipinski definition) is 3. The Kier molecular flexibility index (Phi) is 3.67. The van der Waals surface area contributed by atoms with Gasteiger partial charge in [0.2, 0.25) is 5.91 Å². The lowest BCUT2D eigenvalue weighted by Gasteiger charge is -2.09.